The maximum Gasteiger partial charge on any atom is 0.229 e. The Morgan fingerprint density at radius 1 is 1.62 bits per heavy atom. The van der Waals surface area contributed by atoms with E-state index in [-0.39, 0.29) is 17.9 Å². The summed E-state index contributed by atoms with van der Waals surface area (Å²) in [6.45, 7) is 5.63. The number of nitrogens with zero attached hydrogens (tertiary/aromatic N) is 1. The summed E-state index contributed by atoms with van der Waals surface area (Å²) in [7, 11) is 3.73. The molecule has 16 heavy (non-hydrogen) atoms. The van der Waals surface area contributed by atoms with E-state index in [2.05, 4.69) is 11.9 Å². The molecule has 1 heterocycles. The first-order valence-corrected chi connectivity index (χ1v) is 5.81. The van der Waals surface area contributed by atoms with Crippen molar-refractivity contribution in [1.29, 1.82) is 0 Å². The van der Waals surface area contributed by atoms with Crippen LogP contribution in [0.15, 0.2) is 12.7 Å². The Hall–Kier alpha value is -0.870. The maximum absolute atomic E-state index is 12.1. The van der Waals surface area contributed by atoms with Gasteiger partial charge in [-0.05, 0) is 19.9 Å². The minimum Gasteiger partial charge on any atom is -0.379 e. The summed E-state index contributed by atoms with van der Waals surface area (Å²) in [5.41, 5.74) is 0. The molecule has 0 saturated carbocycles. The van der Waals surface area contributed by atoms with Crippen LogP contribution in [0.3, 0.4) is 0 Å². The molecule has 0 aliphatic carbocycles. The molecule has 0 aromatic rings. The lowest BCUT2D eigenvalue weighted by Gasteiger charge is -2.23. The number of nitrogens with one attached hydrogen (secondary N) is 1. The Bertz CT molecular complexity index is 243. The molecule has 1 N–H and O–H groups in total. The van der Waals surface area contributed by atoms with Gasteiger partial charge < -0.3 is 15.0 Å². The molecule has 0 aromatic carbocycles. The van der Waals surface area contributed by atoms with Crippen molar-refractivity contribution in [2.24, 2.45) is 5.92 Å². The highest BCUT2D eigenvalue weighted by Gasteiger charge is 2.34. The smallest absolute Gasteiger partial charge is 0.229 e. The second-order valence-electron chi connectivity index (χ2n) is 4.23. The highest BCUT2D eigenvalue weighted by Crippen LogP contribution is 2.16. The first-order valence-electron chi connectivity index (χ1n) is 5.81. The highest BCUT2D eigenvalue weighted by molar-refractivity contribution is 5.79. The van der Waals surface area contributed by atoms with Crippen LogP contribution in [-0.2, 0) is 9.53 Å². The molecule has 2 atom stereocenters. The largest absolute Gasteiger partial charge is 0.379 e. The number of carbonyl (C=O) groups excluding carboxylic acids is 1. The van der Waals surface area contributed by atoms with Crippen LogP contribution >= 0.6 is 0 Å². The fourth-order valence-corrected chi connectivity index (χ4v) is 1.95. The monoisotopic (exact) mass is 226 g/mol. The second kappa shape index (κ2) is 6.66. The molecular formula is C12H22N2O2. The second-order valence-corrected chi connectivity index (χ2v) is 4.23. The molecule has 2 unspecified atom stereocenters. The van der Waals surface area contributed by atoms with Crippen molar-refractivity contribution in [2.75, 3.05) is 33.9 Å². The quantitative estimate of drug-likeness (QED) is 0.534. The Kier molecular flexibility index (Phi) is 5.49. The summed E-state index contributed by atoms with van der Waals surface area (Å²) in [6.07, 6.45) is 3.81. The van der Waals surface area contributed by atoms with Crippen LogP contribution in [0.1, 0.15) is 12.8 Å². The van der Waals surface area contributed by atoms with Crippen molar-refractivity contribution < 1.29 is 9.53 Å². The van der Waals surface area contributed by atoms with Gasteiger partial charge in [0, 0.05) is 19.6 Å². The summed E-state index contributed by atoms with van der Waals surface area (Å²) in [5.74, 6) is 0.152. The lowest BCUT2D eigenvalue weighted by molar-refractivity contribution is -0.134. The third-order valence-corrected chi connectivity index (χ3v) is 3.05. The van der Waals surface area contributed by atoms with Gasteiger partial charge in [-0.25, -0.2) is 0 Å². The van der Waals surface area contributed by atoms with Gasteiger partial charge in [0.15, 0.2) is 0 Å². The van der Waals surface area contributed by atoms with Crippen molar-refractivity contribution in [3.63, 3.8) is 0 Å². The van der Waals surface area contributed by atoms with E-state index < -0.39 is 0 Å². The minimum atomic E-state index is -0.0290. The first kappa shape index (κ1) is 13.2. The van der Waals surface area contributed by atoms with Crippen LogP contribution in [-0.4, -0.2) is 50.7 Å². The van der Waals surface area contributed by atoms with Crippen LogP contribution in [0, 0.1) is 5.92 Å². The Balaban J connectivity index is 2.39. The topological polar surface area (TPSA) is 41.6 Å². The van der Waals surface area contributed by atoms with E-state index in [0.29, 0.717) is 13.2 Å². The van der Waals surface area contributed by atoms with Gasteiger partial charge in [-0.15, -0.1) is 6.58 Å². The van der Waals surface area contributed by atoms with E-state index in [1.54, 1.807) is 4.90 Å². The van der Waals surface area contributed by atoms with Crippen LogP contribution in [0.4, 0.5) is 0 Å². The van der Waals surface area contributed by atoms with E-state index in [0.717, 1.165) is 19.4 Å². The van der Waals surface area contributed by atoms with E-state index in [1.807, 2.05) is 20.2 Å². The molecule has 1 amide bonds. The van der Waals surface area contributed by atoms with Crippen molar-refractivity contribution in [3.8, 4) is 0 Å². The predicted molar refractivity (Wildman–Crippen MR) is 64.2 cm³/mol. The zero-order valence-electron chi connectivity index (χ0n) is 10.2. The number of hydrogen-bond donors (Lipinski definition) is 1. The lowest BCUT2D eigenvalue weighted by Crippen LogP contribution is -2.43. The summed E-state index contributed by atoms with van der Waals surface area (Å²) in [6, 6.07) is 0.161. The van der Waals surface area contributed by atoms with Gasteiger partial charge in [0.25, 0.3) is 0 Å². The number of rotatable bonds is 6. The number of unbranched alkanes of at least 4 members (excludes halogenated alkanes) is 1. The van der Waals surface area contributed by atoms with Gasteiger partial charge in [0.1, 0.15) is 0 Å². The summed E-state index contributed by atoms with van der Waals surface area (Å²) in [4.78, 5) is 13.9. The molecule has 1 aliphatic heterocycles. The van der Waals surface area contributed by atoms with E-state index in [4.69, 9.17) is 4.74 Å². The molecule has 0 bridgehead atoms. The van der Waals surface area contributed by atoms with Crippen molar-refractivity contribution in [3.05, 3.63) is 12.7 Å². The third-order valence-electron chi connectivity index (χ3n) is 3.05. The molecule has 0 aromatic heterocycles. The van der Waals surface area contributed by atoms with E-state index in [9.17, 15) is 4.79 Å². The normalized spacial score (nSPS) is 24.4. The number of carbonyl (C=O) groups is 1. The molecule has 4 heteroatoms. The van der Waals surface area contributed by atoms with Crippen LogP contribution in [0.5, 0.6) is 0 Å². The van der Waals surface area contributed by atoms with E-state index >= 15 is 0 Å². The summed E-state index contributed by atoms with van der Waals surface area (Å²) in [5, 5.41) is 3.13. The fraction of sp³-hybridized carbons (Fsp3) is 0.750. The number of allylic oxidation sites excluding steroid dienone is 1. The molecule has 92 valence electrons. The molecule has 1 rings (SSSR count). The number of likely N-dealkylation sites (N-methyl/N-ethyl adjacent to an activating group) is 1. The molecule has 0 spiro atoms. The fourth-order valence-electron chi connectivity index (χ4n) is 1.95. The molecule has 1 fully saturated rings. The number of ether oxygens (including phenoxy) is 1. The average molecular weight is 226 g/mol. The van der Waals surface area contributed by atoms with Gasteiger partial charge in [-0.1, -0.05) is 6.08 Å². The van der Waals surface area contributed by atoms with Crippen LogP contribution in [0.2, 0.25) is 0 Å². The van der Waals surface area contributed by atoms with Crippen LogP contribution in [0.25, 0.3) is 0 Å². The standard InChI is InChI=1S/C12H22N2O2/c1-4-5-6-7-14(3)12(15)10-8-16-9-11(10)13-2/h4,10-11,13H,1,5-9H2,2-3H3. The Morgan fingerprint density at radius 3 is 3.00 bits per heavy atom. The molecule has 1 saturated heterocycles. The lowest BCUT2D eigenvalue weighted by atomic mass is 10.0. The third kappa shape index (κ3) is 3.32. The first-order chi connectivity index (χ1) is 7.70. The zero-order valence-corrected chi connectivity index (χ0v) is 10.2. The zero-order chi connectivity index (χ0) is 12.0. The summed E-state index contributed by atoms with van der Waals surface area (Å²) >= 11 is 0. The average Bonchev–Trinajstić information content (AvgIpc) is 2.76. The summed E-state index contributed by atoms with van der Waals surface area (Å²) < 4.78 is 5.33. The molecule has 0 radical (unpaired) electrons. The molecule has 1 aliphatic rings. The van der Waals surface area contributed by atoms with Crippen molar-refractivity contribution >= 4 is 5.91 Å². The number of amides is 1. The van der Waals surface area contributed by atoms with Gasteiger partial charge in [0.2, 0.25) is 5.91 Å². The van der Waals surface area contributed by atoms with Crippen molar-refractivity contribution in [2.45, 2.75) is 18.9 Å². The van der Waals surface area contributed by atoms with Gasteiger partial charge in [0.05, 0.1) is 19.1 Å². The van der Waals surface area contributed by atoms with Crippen LogP contribution < -0.4 is 5.32 Å². The molecular weight excluding hydrogens is 204 g/mol. The predicted octanol–water partition coefficient (Wildman–Crippen LogP) is 0.645. The minimum absolute atomic E-state index is 0.0290. The van der Waals surface area contributed by atoms with Gasteiger partial charge in [-0.3, -0.25) is 4.79 Å². The van der Waals surface area contributed by atoms with Crippen molar-refractivity contribution in [1.82, 2.24) is 10.2 Å². The van der Waals surface area contributed by atoms with Gasteiger partial charge in [-0.2, -0.15) is 0 Å². The maximum atomic E-state index is 12.1. The highest BCUT2D eigenvalue weighted by atomic mass is 16.5. The Labute approximate surface area is 97.6 Å². The SMILES string of the molecule is C=CCCCN(C)C(=O)C1COCC1NC. The number of hydrogen-bond acceptors (Lipinski definition) is 3. The Morgan fingerprint density at radius 2 is 2.38 bits per heavy atom. The van der Waals surface area contributed by atoms with E-state index in [1.165, 1.54) is 0 Å². The molecule has 4 nitrogen and oxygen atoms in total. The van der Waals surface area contributed by atoms with Gasteiger partial charge >= 0.3 is 0 Å².